The summed E-state index contributed by atoms with van der Waals surface area (Å²) in [5.74, 6) is 0. The van der Waals surface area contributed by atoms with E-state index in [1.807, 2.05) is 20.8 Å². The third kappa shape index (κ3) is 6.70. The minimum Gasteiger partial charge on any atom is -0.392 e. The first kappa shape index (κ1) is 16.9. The SMILES string of the molecule is CC(C)(C)CC(O)CNS(=O)(=O)N1CCCCCC1. The Labute approximate surface area is 117 Å². The maximum absolute atomic E-state index is 12.1. The lowest BCUT2D eigenvalue weighted by Gasteiger charge is -2.24. The molecule has 1 heterocycles. The summed E-state index contributed by atoms with van der Waals surface area (Å²) >= 11 is 0. The van der Waals surface area contributed by atoms with Gasteiger partial charge in [-0.25, -0.2) is 0 Å². The Morgan fingerprint density at radius 1 is 1.16 bits per heavy atom. The zero-order chi connectivity index (χ0) is 14.5. The Morgan fingerprint density at radius 2 is 1.68 bits per heavy atom. The molecule has 0 amide bonds. The summed E-state index contributed by atoms with van der Waals surface area (Å²) in [7, 11) is -3.43. The second-order valence-corrected chi connectivity index (χ2v) is 8.34. The summed E-state index contributed by atoms with van der Waals surface area (Å²) in [4.78, 5) is 0. The van der Waals surface area contributed by atoms with Gasteiger partial charge in [0.05, 0.1) is 6.10 Å². The van der Waals surface area contributed by atoms with Crippen molar-refractivity contribution in [2.24, 2.45) is 5.41 Å². The highest BCUT2D eigenvalue weighted by Crippen LogP contribution is 2.20. The van der Waals surface area contributed by atoms with E-state index in [2.05, 4.69) is 4.72 Å². The summed E-state index contributed by atoms with van der Waals surface area (Å²) in [6.07, 6.45) is 3.98. The average molecular weight is 292 g/mol. The van der Waals surface area contributed by atoms with Crippen LogP contribution in [0.3, 0.4) is 0 Å². The molecule has 1 aliphatic heterocycles. The standard InChI is InChI=1S/C13H28N2O3S/c1-13(2,3)10-12(16)11-14-19(17,18)15-8-6-4-5-7-9-15/h12,14,16H,4-11H2,1-3H3. The summed E-state index contributed by atoms with van der Waals surface area (Å²) in [6.45, 7) is 7.35. The van der Waals surface area contributed by atoms with Crippen molar-refractivity contribution >= 4 is 10.2 Å². The lowest BCUT2D eigenvalue weighted by Crippen LogP contribution is -2.44. The smallest absolute Gasteiger partial charge is 0.279 e. The van der Waals surface area contributed by atoms with Gasteiger partial charge < -0.3 is 5.11 Å². The molecule has 0 spiro atoms. The van der Waals surface area contributed by atoms with Crippen LogP contribution in [0, 0.1) is 5.41 Å². The molecule has 1 fully saturated rings. The van der Waals surface area contributed by atoms with Crippen LogP contribution in [0.25, 0.3) is 0 Å². The van der Waals surface area contributed by atoms with Crippen molar-refractivity contribution in [3.8, 4) is 0 Å². The number of nitrogens with one attached hydrogen (secondary N) is 1. The molecule has 0 aromatic rings. The Balaban J connectivity index is 2.45. The largest absolute Gasteiger partial charge is 0.392 e. The number of hydrogen-bond donors (Lipinski definition) is 2. The molecule has 1 saturated heterocycles. The van der Waals surface area contributed by atoms with Crippen molar-refractivity contribution < 1.29 is 13.5 Å². The van der Waals surface area contributed by atoms with Crippen LogP contribution in [0.1, 0.15) is 52.9 Å². The summed E-state index contributed by atoms with van der Waals surface area (Å²) in [5.41, 5.74) is -0.00649. The highest BCUT2D eigenvalue weighted by atomic mass is 32.2. The van der Waals surface area contributed by atoms with E-state index in [1.165, 1.54) is 4.31 Å². The van der Waals surface area contributed by atoms with E-state index in [-0.39, 0.29) is 12.0 Å². The Bertz CT molecular complexity index is 355. The predicted octanol–water partition coefficient (Wildman–Crippen LogP) is 1.49. The molecule has 0 saturated carbocycles. The Morgan fingerprint density at radius 3 is 2.16 bits per heavy atom. The van der Waals surface area contributed by atoms with E-state index in [1.54, 1.807) is 0 Å². The molecule has 2 N–H and O–H groups in total. The molecule has 1 atom stereocenters. The first-order valence-corrected chi connectivity index (χ1v) is 8.57. The van der Waals surface area contributed by atoms with Gasteiger partial charge in [0.1, 0.15) is 0 Å². The van der Waals surface area contributed by atoms with Gasteiger partial charge >= 0.3 is 0 Å². The van der Waals surface area contributed by atoms with Gasteiger partial charge in [-0.3, -0.25) is 0 Å². The van der Waals surface area contributed by atoms with Crippen LogP contribution in [0.4, 0.5) is 0 Å². The van der Waals surface area contributed by atoms with Gasteiger partial charge in [0.15, 0.2) is 0 Å². The summed E-state index contributed by atoms with van der Waals surface area (Å²) in [5, 5.41) is 9.86. The Hall–Kier alpha value is -0.170. The van der Waals surface area contributed by atoms with Crippen molar-refractivity contribution in [1.29, 1.82) is 0 Å². The van der Waals surface area contributed by atoms with Gasteiger partial charge in [-0.05, 0) is 24.7 Å². The van der Waals surface area contributed by atoms with Crippen LogP contribution in [-0.4, -0.2) is 43.6 Å². The van der Waals surface area contributed by atoms with E-state index in [0.717, 1.165) is 25.7 Å². The fourth-order valence-electron chi connectivity index (χ4n) is 2.35. The molecule has 5 nitrogen and oxygen atoms in total. The number of nitrogens with zero attached hydrogens (tertiary/aromatic N) is 1. The monoisotopic (exact) mass is 292 g/mol. The van der Waals surface area contributed by atoms with Crippen LogP contribution in [0.15, 0.2) is 0 Å². The number of aliphatic hydroxyl groups is 1. The predicted molar refractivity (Wildman–Crippen MR) is 77.0 cm³/mol. The third-order valence-corrected chi connectivity index (χ3v) is 4.83. The first-order chi connectivity index (χ1) is 8.71. The fourth-order valence-corrected chi connectivity index (χ4v) is 3.68. The number of rotatable bonds is 5. The van der Waals surface area contributed by atoms with Gasteiger partial charge in [0.2, 0.25) is 0 Å². The lowest BCUT2D eigenvalue weighted by molar-refractivity contribution is 0.124. The third-order valence-electron chi connectivity index (χ3n) is 3.25. The van der Waals surface area contributed by atoms with E-state index in [9.17, 15) is 13.5 Å². The van der Waals surface area contributed by atoms with Gasteiger partial charge in [-0.2, -0.15) is 17.4 Å². The van der Waals surface area contributed by atoms with Crippen molar-refractivity contribution in [1.82, 2.24) is 9.03 Å². The normalized spacial score (nSPS) is 21.1. The second-order valence-electron chi connectivity index (χ2n) is 6.59. The topological polar surface area (TPSA) is 69.6 Å². The summed E-state index contributed by atoms with van der Waals surface area (Å²) in [6, 6.07) is 0. The van der Waals surface area contributed by atoms with Crippen LogP contribution < -0.4 is 4.72 Å². The molecule has 1 unspecified atom stereocenters. The van der Waals surface area contributed by atoms with Crippen molar-refractivity contribution in [2.45, 2.75) is 59.0 Å². The maximum Gasteiger partial charge on any atom is 0.279 e. The van der Waals surface area contributed by atoms with Crippen LogP contribution in [-0.2, 0) is 10.2 Å². The average Bonchev–Trinajstić information content (AvgIpc) is 2.53. The molecular weight excluding hydrogens is 264 g/mol. The molecule has 0 radical (unpaired) electrons. The van der Waals surface area contributed by atoms with Crippen molar-refractivity contribution in [3.63, 3.8) is 0 Å². The quantitative estimate of drug-likeness (QED) is 0.806. The second kappa shape index (κ2) is 7.02. The van der Waals surface area contributed by atoms with Gasteiger partial charge in [-0.1, -0.05) is 33.6 Å². The van der Waals surface area contributed by atoms with Crippen LogP contribution >= 0.6 is 0 Å². The number of hydrogen-bond acceptors (Lipinski definition) is 3. The number of aliphatic hydroxyl groups excluding tert-OH is 1. The van der Waals surface area contributed by atoms with E-state index in [4.69, 9.17) is 0 Å². The van der Waals surface area contributed by atoms with E-state index in [0.29, 0.717) is 19.5 Å². The fraction of sp³-hybridized carbons (Fsp3) is 1.00. The molecule has 0 aliphatic carbocycles. The molecule has 19 heavy (non-hydrogen) atoms. The van der Waals surface area contributed by atoms with Crippen molar-refractivity contribution in [3.05, 3.63) is 0 Å². The minimum atomic E-state index is -3.43. The van der Waals surface area contributed by atoms with Crippen molar-refractivity contribution in [2.75, 3.05) is 19.6 Å². The molecule has 6 heteroatoms. The first-order valence-electron chi connectivity index (χ1n) is 7.13. The molecule has 1 rings (SSSR count). The molecule has 0 aromatic heterocycles. The zero-order valence-corrected chi connectivity index (χ0v) is 13.2. The van der Waals surface area contributed by atoms with Gasteiger partial charge in [-0.15, -0.1) is 0 Å². The minimum absolute atomic E-state index is 0.00649. The molecule has 0 bridgehead atoms. The molecule has 114 valence electrons. The molecular formula is C13H28N2O3S. The van der Waals surface area contributed by atoms with Crippen LogP contribution in [0.5, 0.6) is 0 Å². The van der Waals surface area contributed by atoms with Gasteiger partial charge in [0.25, 0.3) is 10.2 Å². The Kier molecular flexibility index (Phi) is 6.23. The van der Waals surface area contributed by atoms with E-state index < -0.39 is 16.3 Å². The maximum atomic E-state index is 12.1. The molecule has 1 aliphatic rings. The highest BCUT2D eigenvalue weighted by molar-refractivity contribution is 7.87. The molecule has 0 aromatic carbocycles. The van der Waals surface area contributed by atoms with Gasteiger partial charge in [0, 0.05) is 19.6 Å². The summed E-state index contributed by atoms with van der Waals surface area (Å²) < 4.78 is 28.3. The highest BCUT2D eigenvalue weighted by Gasteiger charge is 2.24. The van der Waals surface area contributed by atoms with Crippen LogP contribution in [0.2, 0.25) is 0 Å². The lowest BCUT2D eigenvalue weighted by atomic mass is 9.89. The van der Waals surface area contributed by atoms with E-state index >= 15 is 0 Å². The zero-order valence-electron chi connectivity index (χ0n) is 12.4.